The van der Waals surface area contributed by atoms with Gasteiger partial charge in [0.25, 0.3) is 5.69 Å². The van der Waals surface area contributed by atoms with E-state index in [0.717, 1.165) is 18.2 Å². The Morgan fingerprint density at radius 3 is 2.64 bits per heavy atom. The molecule has 2 N–H and O–H groups in total. The highest BCUT2D eigenvalue weighted by molar-refractivity contribution is 5.60. The van der Waals surface area contributed by atoms with E-state index in [2.05, 4.69) is 4.74 Å². The number of nitro groups is 1. The third kappa shape index (κ3) is 2.28. The first-order chi connectivity index (χ1) is 6.50. The van der Waals surface area contributed by atoms with Crippen LogP contribution >= 0.6 is 0 Å². The Morgan fingerprint density at radius 2 is 2.14 bits per heavy atom. The molecule has 7 heteroatoms. The Hall–Kier alpha value is -1.92. The Kier molecular flexibility index (Phi) is 2.80. The normalized spacial score (nSPS) is 10.2. The van der Waals surface area contributed by atoms with Gasteiger partial charge in [0.05, 0.1) is 11.0 Å². The van der Waals surface area contributed by atoms with E-state index in [4.69, 9.17) is 5.73 Å². The van der Waals surface area contributed by atoms with Crippen LogP contribution in [0.5, 0.6) is 5.75 Å². The number of ether oxygens (including phenoxy) is 1. The lowest BCUT2D eigenvalue weighted by atomic mass is 10.2. The van der Waals surface area contributed by atoms with Crippen LogP contribution in [0.4, 0.5) is 20.2 Å². The number of anilines is 1. The summed E-state index contributed by atoms with van der Waals surface area (Å²) in [6, 6.07) is 3.12. The lowest BCUT2D eigenvalue weighted by Crippen LogP contribution is -2.03. The molecule has 0 aromatic heterocycles. The molecule has 0 aliphatic rings. The van der Waals surface area contributed by atoms with E-state index in [1.807, 2.05) is 0 Å². The van der Waals surface area contributed by atoms with Crippen LogP contribution in [-0.2, 0) is 0 Å². The van der Waals surface area contributed by atoms with Crippen LogP contribution < -0.4 is 10.5 Å². The molecule has 0 atom stereocenters. The number of nitro benzene ring substituents is 1. The quantitative estimate of drug-likeness (QED) is 0.462. The molecule has 76 valence electrons. The molecule has 1 aromatic rings. The topological polar surface area (TPSA) is 78.4 Å². The molecule has 14 heavy (non-hydrogen) atoms. The molecule has 0 radical (unpaired) electrons. The van der Waals surface area contributed by atoms with Gasteiger partial charge in [-0.25, -0.2) is 0 Å². The molecule has 0 aliphatic carbocycles. The number of nitrogens with zero attached hydrogens (tertiary/aromatic N) is 1. The predicted octanol–water partition coefficient (Wildman–Crippen LogP) is 1.78. The summed E-state index contributed by atoms with van der Waals surface area (Å²) in [4.78, 5) is 9.57. The molecule has 0 saturated carbocycles. The van der Waals surface area contributed by atoms with Gasteiger partial charge in [-0.05, 0) is 12.1 Å². The van der Waals surface area contributed by atoms with Crippen LogP contribution in [0.2, 0.25) is 0 Å². The van der Waals surface area contributed by atoms with Gasteiger partial charge in [-0.15, -0.1) is 0 Å². The Morgan fingerprint density at radius 1 is 1.50 bits per heavy atom. The van der Waals surface area contributed by atoms with Crippen molar-refractivity contribution in [1.82, 2.24) is 0 Å². The van der Waals surface area contributed by atoms with Crippen LogP contribution in [0, 0.1) is 10.1 Å². The molecule has 0 fully saturated rings. The third-order valence-corrected chi connectivity index (χ3v) is 1.42. The third-order valence-electron chi connectivity index (χ3n) is 1.42. The smallest absolute Gasteiger partial charge is 0.387 e. The Balaban J connectivity index is 3.00. The molecular weight excluding hydrogens is 198 g/mol. The minimum atomic E-state index is -3.02. The van der Waals surface area contributed by atoms with Gasteiger partial charge in [-0.1, -0.05) is 0 Å². The number of nitrogen functional groups attached to an aromatic ring is 1. The fourth-order valence-electron chi connectivity index (χ4n) is 0.858. The minimum Gasteiger partial charge on any atom is -0.435 e. The summed E-state index contributed by atoms with van der Waals surface area (Å²) in [5.74, 6) is -0.291. The average molecular weight is 204 g/mol. The van der Waals surface area contributed by atoms with Gasteiger partial charge in [0, 0.05) is 0 Å². The van der Waals surface area contributed by atoms with E-state index in [1.165, 1.54) is 0 Å². The highest BCUT2D eigenvalue weighted by Crippen LogP contribution is 2.27. The van der Waals surface area contributed by atoms with Crippen molar-refractivity contribution in [3.8, 4) is 5.75 Å². The molecule has 5 nitrogen and oxygen atoms in total. The van der Waals surface area contributed by atoms with E-state index in [-0.39, 0.29) is 11.4 Å². The van der Waals surface area contributed by atoms with E-state index in [9.17, 15) is 18.9 Å². The van der Waals surface area contributed by atoms with Gasteiger partial charge in [0.15, 0.2) is 0 Å². The van der Waals surface area contributed by atoms with Gasteiger partial charge < -0.3 is 10.5 Å². The zero-order valence-electron chi connectivity index (χ0n) is 6.81. The first kappa shape index (κ1) is 10.2. The molecule has 0 amide bonds. The molecule has 0 saturated heterocycles. The average Bonchev–Trinajstić information content (AvgIpc) is 2.07. The highest BCUT2D eigenvalue weighted by Gasteiger charge is 2.14. The van der Waals surface area contributed by atoms with Crippen LogP contribution in [-0.4, -0.2) is 11.5 Å². The van der Waals surface area contributed by atoms with Crippen molar-refractivity contribution in [1.29, 1.82) is 0 Å². The zero-order chi connectivity index (χ0) is 10.7. The molecule has 0 bridgehead atoms. The molecule has 0 heterocycles. The van der Waals surface area contributed by atoms with E-state index in [0.29, 0.717) is 0 Å². The van der Waals surface area contributed by atoms with Crippen molar-refractivity contribution in [3.05, 3.63) is 28.3 Å². The first-order valence-corrected chi connectivity index (χ1v) is 3.49. The molecule has 1 rings (SSSR count). The lowest BCUT2D eigenvalue weighted by molar-refractivity contribution is -0.384. The fraction of sp³-hybridized carbons (Fsp3) is 0.143. The number of hydrogen-bond donors (Lipinski definition) is 1. The molecule has 0 unspecified atom stereocenters. The van der Waals surface area contributed by atoms with Crippen molar-refractivity contribution in [2.45, 2.75) is 6.61 Å². The van der Waals surface area contributed by atoms with Crippen LogP contribution in [0.15, 0.2) is 18.2 Å². The number of alkyl halides is 2. The highest BCUT2D eigenvalue weighted by atomic mass is 19.3. The maximum atomic E-state index is 11.7. The number of hydrogen-bond acceptors (Lipinski definition) is 4. The van der Waals surface area contributed by atoms with Crippen LogP contribution in [0.3, 0.4) is 0 Å². The molecule has 1 aromatic carbocycles. The van der Waals surface area contributed by atoms with Gasteiger partial charge in [0.2, 0.25) is 0 Å². The van der Waals surface area contributed by atoms with E-state index in [1.54, 1.807) is 0 Å². The fourth-order valence-corrected chi connectivity index (χ4v) is 0.858. The summed E-state index contributed by atoms with van der Waals surface area (Å²) in [6.07, 6.45) is 0. The monoisotopic (exact) mass is 204 g/mol. The second-order valence-corrected chi connectivity index (χ2v) is 2.36. The molecule has 0 spiro atoms. The van der Waals surface area contributed by atoms with Gasteiger partial charge >= 0.3 is 6.61 Å². The summed E-state index contributed by atoms with van der Waals surface area (Å²) in [5, 5.41) is 10.3. The minimum absolute atomic E-state index is 0.100. The summed E-state index contributed by atoms with van der Waals surface area (Å²) in [7, 11) is 0. The second-order valence-electron chi connectivity index (χ2n) is 2.36. The maximum Gasteiger partial charge on any atom is 0.387 e. The number of nitrogens with two attached hydrogens (primary N) is 1. The largest absolute Gasteiger partial charge is 0.435 e. The van der Waals surface area contributed by atoms with Crippen molar-refractivity contribution >= 4 is 11.4 Å². The number of rotatable bonds is 3. The van der Waals surface area contributed by atoms with Gasteiger partial charge in [-0.3, -0.25) is 10.1 Å². The summed E-state index contributed by atoms with van der Waals surface area (Å²) in [5.41, 5.74) is 4.68. The molecule has 0 aliphatic heterocycles. The van der Waals surface area contributed by atoms with Crippen molar-refractivity contribution in [2.75, 3.05) is 5.73 Å². The van der Waals surface area contributed by atoms with Crippen LogP contribution in [0.1, 0.15) is 0 Å². The van der Waals surface area contributed by atoms with Crippen molar-refractivity contribution in [2.24, 2.45) is 0 Å². The number of benzene rings is 1. The van der Waals surface area contributed by atoms with E-state index >= 15 is 0 Å². The summed E-state index contributed by atoms with van der Waals surface area (Å²) < 4.78 is 27.4. The Bertz CT molecular complexity index is 357. The summed E-state index contributed by atoms with van der Waals surface area (Å²) >= 11 is 0. The van der Waals surface area contributed by atoms with E-state index < -0.39 is 17.2 Å². The van der Waals surface area contributed by atoms with Gasteiger partial charge in [-0.2, -0.15) is 8.78 Å². The van der Waals surface area contributed by atoms with Crippen LogP contribution in [0.25, 0.3) is 0 Å². The van der Waals surface area contributed by atoms with Crippen molar-refractivity contribution in [3.63, 3.8) is 0 Å². The summed E-state index contributed by atoms with van der Waals surface area (Å²) in [6.45, 7) is -3.02. The Labute approximate surface area is 77.2 Å². The molecular formula is C7H6F2N2O3. The lowest BCUT2D eigenvalue weighted by Gasteiger charge is -2.04. The van der Waals surface area contributed by atoms with Gasteiger partial charge in [0.1, 0.15) is 11.4 Å². The van der Waals surface area contributed by atoms with Crippen molar-refractivity contribution < 1.29 is 18.4 Å². The second kappa shape index (κ2) is 3.86. The predicted molar refractivity (Wildman–Crippen MR) is 44.1 cm³/mol. The standard InChI is InChI=1S/C7H6F2N2O3/c8-7(9)14-4-1-2-5(10)6(3-4)11(12)13/h1-3,7H,10H2. The maximum absolute atomic E-state index is 11.7. The zero-order valence-corrected chi connectivity index (χ0v) is 6.81. The number of halogens is 2. The first-order valence-electron chi connectivity index (χ1n) is 3.49. The SMILES string of the molecule is Nc1ccc(OC(F)F)cc1[N+](=O)[O-].